The number of fused-ring (bicyclic) bond motifs is 1. The molecule has 7 heteroatoms. The Labute approximate surface area is 140 Å². The number of piperazine rings is 1. The number of halogens is 1. The summed E-state index contributed by atoms with van der Waals surface area (Å²) in [6.45, 7) is 3.80. The standard InChI is InChI=1S/C14H15IN2O3S/c1-12(2)8-6-13-3-4-21-17(13)11(20)14(8,16-10(13)19)5-7(15)9(12)18/h5,8H,3-4,6H2,1-2H3,(H,16,19). The van der Waals surface area contributed by atoms with E-state index in [2.05, 4.69) is 5.32 Å². The number of nitrogens with one attached hydrogen (secondary N) is 1. The first-order valence-corrected chi connectivity index (χ1v) is 9.01. The second kappa shape index (κ2) is 3.84. The SMILES string of the molecule is CC1(C)C(=O)C(I)=CC23NC(=O)C4(CCSN4C2=O)CC13. The third kappa shape index (κ3) is 1.38. The molecule has 0 radical (unpaired) electrons. The van der Waals surface area contributed by atoms with E-state index >= 15 is 0 Å². The fourth-order valence-electron chi connectivity index (χ4n) is 4.28. The summed E-state index contributed by atoms with van der Waals surface area (Å²) >= 11 is 3.44. The van der Waals surface area contributed by atoms with Gasteiger partial charge in [0.25, 0.3) is 5.91 Å². The number of ketones is 1. The van der Waals surface area contributed by atoms with Crippen LogP contribution in [0.25, 0.3) is 0 Å². The number of hydrogen-bond acceptors (Lipinski definition) is 4. The summed E-state index contributed by atoms with van der Waals surface area (Å²) in [6.07, 6.45) is 2.94. The molecular formula is C14H15IN2O3S. The number of rotatable bonds is 0. The van der Waals surface area contributed by atoms with Gasteiger partial charge < -0.3 is 5.32 Å². The lowest BCUT2D eigenvalue weighted by Crippen LogP contribution is -2.82. The smallest absolute Gasteiger partial charge is 0.263 e. The van der Waals surface area contributed by atoms with Gasteiger partial charge in [-0.25, -0.2) is 0 Å². The van der Waals surface area contributed by atoms with Crippen LogP contribution in [0.1, 0.15) is 26.7 Å². The molecule has 5 rings (SSSR count). The van der Waals surface area contributed by atoms with E-state index in [0.717, 1.165) is 5.75 Å². The van der Waals surface area contributed by atoms with Crippen LogP contribution in [0, 0.1) is 11.3 Å². The van der Waals surface area contributed by atoms with Gasteiger partial charge in [0.15, 0.2) is 5.78 Å². The summed E-state index contributed by atoms with van der Waals surface area (Å²) in [7, 11) is 0. The summed E-state index contributed by atoms with van der Waals surface area (Å²) in [6, 6.07) is 0. The Morgan fingerprint density at radius 1 is 1.38 bits per heavy atom. The van der Waals surface area contributed by atoms with Gasteiger partial charge in [-0.3, -0.25) is 18.7 Å². The van der Waals surface area contributed by atoms with Crippen LogP contribution in [0.4, 0.5) is 0 Å². The number of amides is 2. The molecule has 4 fully saturated rings. The van der Waals surface area contributed by atoms with Crippen molar-refractivity contribution in [2.24, 2.45) is 11.3 Å². The highest BCUT2D eigenvalue weighted by Crippen LogP contribution is 2.59. The van der Waals surface area contributed by atoms with E-state index in [1.165, 1.54) is 11.9 Å². The molecule has 0 aromatic rings. The Kier molecular flexibility index (Phi) is 2.57. The van der Waals surface area contributed by atoms with E-state index in [4.69, 9.17) is 0 Å². The number of Topliss-reactive ketones (excluding diaryl/α,β-unsaturated/α-hetero) is 1. The van der Waals surface area contributed by atoms with Crippen LogP contribution in [-0.4, -0.2) is 38.7 Å². The topological polar surface area (TPSA) is 66.5 Å². The predicted octanol–water partition coefficient (Wildman–Crippen LogP) is 1.42. The Morgan fingerprint density at radius 3 is 2.81 bits per heavy atom. The molecule has 5 nitrogen and oxygen atoms in total. The summed E-state index contributed by atoms with van der Waals surface area (Å²) in [5.41, 5.74) is -2.42. The largest absolute Gasteiger partial charge is 0.336 e. The third-order valence-corrected chi connectivity index (χ3v) is 7.49. The van der Waals surface area contributed by atoms with Crippen molar-refractivity contribution in [3.05, 3.63) is 9.66 Å². The Morgan fingerprint density at radius 2 is 2.10 bits per heavy atom. The molecule has 4 aliphatic heterocycles. The maximum absolute atomic E-state index is 13.0. The van der Waals surface area contributed by atoms with Crippen molar-refractivity contribution in [1.29, 1.82) is 0 Å². The van der Waals surface area contributed by atoms with Gasteiger partial charge >= 0.3 is 0 Å². The molecule has 1 aliphatic carbocycles. The van der Waals surface area contributed by atoms with Gasteiger partial charge in [0.2, 0.25) is 5.91 Å². The lowest BCUT2D eigenvalue weighted by atomic mass is 9.53. The fourth-order valence-corrected chi connectivity index (χ4v) is 6.84. The highest BCUT2D eigenvalue weighted by Gasteiger charge is 2.73. The minimum Gasteiger partial charge on any atom is -0.336 e. The van der Waals surface area contributed by atoms with Gasteiger partial charge in [0.1, 0.15) is 11.1 Å². The maximum atomic E-state index is 13.0. The molecule has 1 N–H and O–H groups in total. The van der Waals surface area contributed by atoms with E-state index in [1.807, 2.05) is 36.4 Å². The van der Waals surface area contributed by atoms with Crippen LogP contribution in [0.15, 0.2) is 9.66 Å². The molecule has 3 unspecified atom stereocenters. The molecule has 0 saturated carbocycles. The number of hydrogen-bond donors (Lipinski definition) is 1. The zero-order valence-electron chi connectivity index (χ0n) is 11.7. The first-order chi connectivity index (χ1) is 9.76. The summed E-state index contributed by atoms with van der Waals surface area (Å²) in [5, 5.41) is 2.97. The van der Waals surface area contributed by atoms with E-state index in [1.54, 1.807) is 10.4 Å². The van der Waals surface area contributed by atoms with Crippen LogP contribution >= 0.6 is 34.5 Å². The zero-order chi connectivity index (χ0) is 15.2. The molecule has 2 amide bonds. The average molecular weight is 418 g/mol. The van der Waals surface area contributed by atoms with Crippen molar-refractivity contribution in [2.75, 3.05) is 5.75 Å². The van der Waals surface area contributed by atoms with E-state index in [-0.39, 0.29) is 23.5 Å². The molecule has 0 aromatic heterocycles. The molecule has 0 aromatic carbocycles. The lowest BCUT2D eigenvalue weighted by Gasteiger charge is -2.61. The third-order valence-electron chi connectivity index (χ3n) is 5.53. The average Bonchev–Trinajstić information content (AvgIpc) is 2.84. The van der Waals surface area contributed by atoms with E-state index in [9.17, 15) is 14.4 Å². The molecule has 3 atom stereocenters. The predicted molar refractivity (Wildman–Crippen MR) is 86.5 cm³/mol. The van der Waals surface area contributed by atoms with Gasteiger partial charge in [-0.05, 0) is 53.5 Å². The first kappa shape index (κ1) is 14.0. The highest BCUT2D eigenvalue weighted by atomic mass is 127. The quantitative estimate of drug-likeness (QED) is 0.478. The Balaban J connectivity index is 1.98. The number of nitrogens with zero attached hydrogens (tertiary/aromatic N) is 1. The zero-order valence-corrected chi connectivity index (χ0v) is 14.7. The first-order valence-electron chi connectivity index (χ1n) is 6.99. The Bertz CT molecular complexity index is 646. The number of piperidine rings is 2. The van der Waals surface area contributed by atoms with Gasteiger partial charge in [-0.15, -0.1) is 0 Å². The molecular weight excluding hydrogens is 403 g/mol. The van der Waals surface area contributed by atoms with Gasteiger partial charge in [-0.1, -0.05) is 13.8 Å². The Hall–Kier alpha value is -0.570. The summed E-state index contributed by atoms with van der Waals surface area (Å²) in [5.74, 6) is 0.555. The number of allylic oxidation sites excluding steroid dienone is 1. The lowest BCUT2D eigenvalue weighted by molar-refractivity contribution is -0.171. The second-order valence-corrected chi connectivity index (χ2v) is 9.03. The van der Waals surface area contributed by atoms with Crippen molar-refractivity contribution in [2.45, 2.75) is 37.8 Å². The van der Waals surface area contributed by atoms with Gasteiger partial charge in [-0.2, -0.15) is 0 Å². The van der Waals surface area contributed by atoms with Crippen LogP contribution < -0.4 is 5.32 Å². The van der Waals surface area contributed by atoms with Crippen molar-refractivity contribution in [3.63, 3.8) is 0 Å². The summed E-state index contributed by atoms with van der Waals surface area (Å²) in [4.78, 5) is 38.2. The van der Waals surface area contributed by atoms with Crippen molar-refractivity contribution < 1.29 is 14.4 Å². The molecule has 112 valence electrons. The van der Waals surface area contributed by atoms with Crippen molar-refractivity contribution in [1.82, 2.24) is 9.62 Å². The molecule has 2 spiro atoms. The summed E-state index contributed by atoms with van der Waals surface area (Å²) < 4.78 is 2.23. The van der Waals surface area contributed by atoms with Gasteiger partial charge in [0, 0.05) is 17.1 Å². The van der Waals surface area contributed by atoms with Crippen LogP contribution in [-0.2, 0) is 14.4 Å². The van der Waals surface area contributed by atoms with Crippen molar-refractivity contribution in [3.8, 4) is 0 Å². The maximum Gasteiger partial charge on any atom is 0.263 e. The van der Waals surface area contributed by atoms with E-state index in [0.29, 0.717) is 16.4 Å². The molecule has 2 bridgehead atoms. The normalized spacial score (nSPS) is 43.4. The van der Waals surface area contributed by atoms with Crippen molar-refractivity contribution >= 4 is 52.1 Å². The van der Waals surface area contributed by atoms with Crippen LogP contribution in [0.3, 0.4) is 0 Å². The molecule has 5 aliphatic rings. The highest BCUT2D eigenvalue weighted by molar-refractivity contribution is 14.1. The van der Waals surface area contributed by atoms with E-state index < -0.39 is 16.5 Å². The van der Waals surface area contributed by atoms with Crippen LogP contribution in [0.2, 0.25) is 0 Å². The van der Waals surface area contributed by atoms with Crippen LogP contribution in [0.5, 0.6) is 0 Å². The number of carbonyl (C=O) groups excluding carboxylic acids is 3. The monoisotopic (exact) mass is 418 g/mol. The minimum absolute atomic E-state index is 0.0596. The molecule has 4 saturated heterocycles. The molecule has 21 heavy (non-hydrogen) atoms. The van der Waals surface area contributed by atoms with Gasteiger partial charge in [0.05, 0.1) is 3.58 Å². The second-order valence-electron chi connectivity index (χ2n) is 6.84. The fraction of sp³-hybridized carbons (Fsp3) is 0.643. The number of carbonyl (C=O) groups is 3. The minimum atomic E-state index is -1.04. The molecule has 4 heterocycles.